The molecular weight excluding hydrogens is 388 g/mol. The predicted octanol–water partition coefficient (Wildman–Crippen LogP) is 4.71. The van der Waals surface area contributed by atoms with Crippen molar-refractivity contribution in [1.29, 1.82) is 0 Å². The molecule has 1 aromatic carbocycles. The molecule has 31 heavy (non-hydrogen) atoms. The van der Waals surface area contributed by atoms with E-state index in [2.05, 4.69) is 36.1 Å². The van der Waals surface area contributed by atoms with Gasteiger partial charge in [0.1, 0.15) is 5.65 Å². The number of fused-ring (bicyclic) bond motifs is 4. The highest BCUT2D eigenvalue weighted by molar-refractivity contribution is 5.70. The number of imidazole rings is 1. The Bertz CT molecular complexity index is 1180. The lowest BCUT2D eigenvalue weighted by Gasteiger charge is -2.40. The van der Waals surface area contributed by atoms with Gasteiger partial charge in [0.15, 0.2) is 11.5 Å². The smallest absolute Gasteiger partial charge is 0.231 e. The van der Waals surface area contributed by atoms with E-state index in [1.165, 1.54) is 25.0 Å². The molecule has 2 aromatic heterocycles. The normalized spacial score (nSPS) is 26.6. The van der Waals surface area contributed by atoms with Gasteiger partial charge in [-0.15, -0.1) is 0 Å². The van der Waals surface area contributed by atoms with Gasteiger partial charge in [-0.2, -0.15) is 0 Å². The van der Waals surface area contributed by atoms with E-state index in [4.69, 9.17) is 20.2 Å². The topological polar surface area (TPSA) is 65.0 Å². The lowest BCUT2D eigenvalue weighted by molar-refractivity contribution is 0.126. The maximum absolute atomic E-state index is 6.17. The van der Waals surface area contributed by atoms with Crippen LogP contribution in [0.2, 0.25) is 0 Å². The van der Waals surface area contributed by atoms with Crippen LogP contribution in [0.25, 0.3) is 16.9 Å². The summed E-state index contributed by atoms with van der Waals surface area (Å²) in [6, 6.07) is 10.6. The minimum absolute atomic E-state index is 0.275. The average Bonchev–Trinajstić information content (AvgIpc) is 3.35. The molecule has 2 N–H and O–H groups in total. The highest BCUT2D eigenvalue weighted by atomic mass is 16.7. The fourth-order valence-corrected chi connectivity index (χ4v) is 6.49. The van der Waals surface area contributed by atoms with Crippen LogP contribution in [-0.2, 0) is 6.54 Å². The maximum atomic E-state index is 6.17. The van der Waals surface area contributed by atoms with Crippen molar-refractivity contribution >= 4 is 11.3 Å². The molecular formula is C25H30N4O2. The number of benzene rings is 1. The van der Waals surface area contributed by atoms with Crippen molar-refractivity contribution in [3.05, 3.63) is 42.2 Å². The molecule has 2 fully saturated rings. The Labute approximate surface area is 183 Å². The van der Waals surface area contributed by atoms with Crippen molar-refractivity contribution in [2.75, 3.05) is 19.1 Å². The molecule has 3 aromatic rings. The number of likely N-dealkylation sites (tertiary alicyclic amines) is 1. The van der Waals surface area contributed by atoms with Crippen LogP contribution in [0.15, 0.2) is 36.5 Å². The first kappa shape index (κ1) is 19.0. The number of nitrogen functional groups attached to an aromatic ring is 1. The summed E-state index contributed by atoms with van der Waals surface area (Å²) in [5, 5.41) is 0. The summed E-state index contributed by atoms with van der Waals surface area (Å²) in [5.41, 5.74) is 11.9. The molecule has 0 amide bonds. The lowest BCUT2D eigenvalue weighted by atomic mass is 9.65. The van der Waals surface area contributed by atoms with Crippen LogP contribution in [0.1, 0.15) is 45.7 Å². The van der Waals surface area contributed by atoms with Crippen LogP contribution in [0, 0.1) is 10.8 Å². The van der Waals surface area contributed by atoms with E-state index >= 15 is 0 Å². The largest absolute Gasteiger partial charge is 0.454 e. The summed E-state index contributed by atoms with van der Waals surface area (Å²) in [6.45, 7) is 9.59. The van der Waals surface area contributed by atoms with Crippen molar-refractivity contribution in [2.45, 2.75) is 52.6 Å². The third-order valence-corrected chi connectivity index (χ3v) is 7.26. The number of nitrogens with two attached hydrogens (primary N) is 1. The summed E-state index contributed by atoms with van der Waals surface area (Å²) >= 11 is 0. The Morgan fingerprint density at radius 3 is 2.81 bits per heavy atom. The summed E-state index contributed by atoms with van der Waals surface area (Å²) in [6.07, 6.45) is 5.83. The lowest BCUT2D eigenvalue weighted by Crippen LogP contribution is -2.34. The molecule has 6 rings (SSSR count). The molecule has 1 aliphatic carbocycles. The number of aromatic nitrogens is 2. The molecule has 0 spiro atoms. The van der Waals surface area contributed by atoms with Crippen LogP contribution >= 0.6 is 0 Å². The fourth-order valence-electron chi connectivity index (χ4n) is 6.49. The van der Waals surface area contributed by atoms with Crippen LogP contribution in [0.5, 0.6) is 11.5 Å². The zero-order valence-corrected chi connectivity index (χ0v) is 18.5. The molecule has 3 aliphatic rings. The van der Waals surface area contributed by atoms with Crippen molar-refractivity contribution in [3.8, 4) is 22.8 Å². The molecule has 4 heterocycles. The number of ether oxygens (including phenoxy) is 2. The van der Waals surface area contributed by atoms with Gasteiger partial charge in [0.05, 0.1) is 11.4 Å². The van der Waals surface area contributed by atoms with Gasteiger partial charge >= 0.3 is 0 Å². The van der Waals surface area contributed by atoms with Crippen molar-refractivity contribution in [2.24, 2.45) is 10.8 Å². The van der Waals surface area contributed by atoms with Gasteiger partial charge in [-0.3, -0.25) is 4.90 Å². The molecule has 0 radical (unpaired) electrons. The molecule has 162 valence electrons. The van der Waals surface area contributed by atoms with E-state index in [0.29, 0.717) is 16.9 Å². The molecule has 2 atom stereocenters. The van der Waals surface area contributed by atoms with Gasteiger partial charge < -0.3 is 19.6 Å². The maximum Gasteiger partial charge on any atom is 0.231 e. The molecule has 1 saturated heterocycles. The molecule has 2 aliphatic heterocycles. The molecule has 6 heteroatoms. The first-order valence-corrected chi connectivity index (χ1v) is 11.2. The SMILES string of the molecule is CC1(C)CC2CC(C)(CN2Cc2c(-c3ccc4c(c3)OCO4)nc3ccc(N)cn23)C1. The second-order valence-electron chi connectivity index (χ2n) is 10.8. The number of nitrogens with zero attached hydrogens (tertiary/aromatic N) is 3. The van der Waals surface area contributed by atoms with Gasteiger partial charge in [0.2, 0.25) is 6.79 Å². The number of hydrogen-bond acceptors (Lipinski definition) is 5. The Balaban J connectivity index is 1.44. The Hall–Kier alpha value is -2.73. The molecule has 6 nitrogen and oxygen atoms in total. The third-order valence-electron chi connectivity index (χ3n) is 7.26. The zero-order valence-electron chi connectivity index (χ0n) is 18.5. The van der Waals surface area contributed by atoms with Crippen LogP contribution in [-0.4, -0.2) is 33.7 Å². The van der Waals surface area contributed by atoms with Crippen LogP contribution < -0.4 is 15.2 Å². The highest BCUT2D eigenvalue weighted by Gasteiger charge is 2.49. The number of rotatable bonds is 3. The molecule has 1 saturated carbocycles. The van der Waals surface area contributed by atoms with E-state index < -0.39 is 0 Å². The molecule has 2 bridgehead atoms. The third kappa shape index (κ3) is 3.16. The van der Waals surface area contributed by atoms with Crippen LogP contribution in [0.3, 0.4) is 0 Å². The van der Waals surface area contributed by atoms with Gasteiger partial charge in [-0.1, -0.05) is 20.8 Å². The van der Waals surface area contributed by atoms with Crippen molar-refractivity contribution in [1.82, 2.24) is 14.3 Å². The van der Waals surface area contributed by atoms with E-state index in [1.807, 2.05) is 30.5 Å². The fraction of sp³-hybridized carbons (Fsp3) is 0.480. The van der Waals surface area contributed by atoms with E-state index in [9.17, 15) is 0 Å². The Morgan fingerprint density at radius 1 is 1.10 bits per heavy atom. The van der Waals surface area contributed by atoms with Crippen LogP contribution in [0.4, 0.5) is 5.69 Å². The minimum atomic E-state index is 0.275. The molecule has 2 unspecified atom stereocenters. The first-order valence-electron chi connectivity index (χ1n) is 11.2. The van der Waals surface area contributed by atoms with Gasteiger partial charge in [0.25, 0.3) is 0 Å². The summed E-state index contributed by atoms with van der Waals surface area (Å²) in [4.78, 5) is 7.69. The van der Waals surface area contributed by atoms with Gasteiger partial charge in [0, 0.05) is 36.6 Å². The highest BCUT2D eigenvalue weighted by Crippen LogP contribution is 2.53. The quantitative estimate of drug-likeness (QED) is 0.667. The zero-order chi connectivity index (χ0) is 21.4. The first-order chi connectivity index (χ1) is 14.8. The van der Waals surface area contributed by atoms with Gasteiger partial charge in [-0.05, 0) is 60.4 Å². The second kappa shape index (κ2) is 6.39. The van der Waals surface area contributed by atoms with E-state index in [1.54, 1.807) is 0 Å². The summed E-state index contributed by atoms with van der Waals surface area (Å²) in [5.74, 6) is 1.58. The van der Waals surface area contributed by atoms with Crippen molar-refractivity contribution in [3.63, 3.8) is 0 Å². The summed E-state index contributed by atoms with van der Waals surface area (Å²) in [7, 11) is 0. The number of pyridine rings is 1. The van der Waals surface area contributed by atoms with Crippen molar-refractivity contribution < 1.29 is 9.47 Å². The number of anilines is 1. The van der Waals surface area contributed by atoms with E-state index in [-0.39, 0.29) is 6.79 Å². The minimum Gasteiger partial charge on any atom is -0.454 e. The Morgan fingerprint density at radius 2 is 1.94 bits per heavy atom. The summed E-state index contributed by atoms with van der Waals surface area (Å²) < 4.78 is 13.3. The standard InChI is InChI=1S/C25H30N4O2/c1-24(2)9-18-10-25(3,13-24)14-28(18)12-19-23(27-22-7-5-17(26)11-29(19)22)16-4-6-20-21(8-16)31-15-30-20/h4-8,11,18H,9-10,12-15,26H2,1-3H3. The second-order valence-corrected chi connectivity index (χ2v) is 10.8. The number of hydrogen-bond donors (Lipinski definition) is 1. The monoisotopic (exact) mass is 418 g/mol. The average molecular weight is 419 g/mol. The predicted molar refractivity (Wildman–Crippen MR) is 121 cm³/mol. The Kier molecular flexibility index (Phi) is 3.91. The van der Waals surface area contributed by atoms with Gasteiger partial charge in [-0.25, -0.2) is 4.98 Å². The van der Waals surface area contributed by atoms with E-state index in [0.717, 1.165) is 47.2 Å².